The zero-order valence-corrected chi connectivity index (χ0v) is 14.4. The van der Waals surface area contributed by atoms with Gasteiger partial charge < -0.3 is 15.0 Å². The molecule has 5 atom stereocenters. The van der Waals surface area contributed by atoms with Crippen LogP contribution in [-0.4, -0.2) is 26.5 Å². The minimum Gasteiger partial charge on any atom is -0.481 e. The van der Waals surface area contributed by atoms with Crippen LogP contribution in [0.2, 0.25) is 0 Å². The lowest BCUT2D eigenvalue weighted by atomic mass is 9.82. The molecule has 26 heavy (non-hydrogen) atoms. The number of fused-ring (bicyclic) bond motifs is 2. The van der Waals surface area contributed by atoms with Gasteiger partial charge >= 0.3 is 5.97 Å². The number of carboxylic acids is 1. The van der Waals surface area contributed by atoms with Gasteiger partial charge in [-0.1, -0.05) is 24.3 Å². The van der Waals surface area contributed by atoms with Crippen LogP contribution in [0.4, 0.5) is 0 Å². The van der Waals surface area contributed by atoms with Crippen molar-refractivity contribution in [2.24, 2.45) is 23.7 Å². The topological polar surface area (TPSA) is 84.2 Å². The third-order valence-corrected chi connectivity index (χ3v) is 5.60. The summed E-state index contributed by atoms with van der Waals surface area (Å²) in [5.41, 5.74) is 1.97. The van der Waals surface area contributed by atoms with E-state index in [-0.39, 0.29) is 23.8 Å². The van der Waals surface area contributed by atoms with E-state index < -0.39 is 17.8 Å². The molecule has 2 N–H and O–H groups in total. The summed E-state index contributed by atoms with van der Waals surface area (Å²) in [5.74, 6) is -2.11. The van der Waals surface area contributed by atoms with Crippen LogP contribution >= 0.6 is 0 Å². The number of carbonyl (C=O) groups excluding carboxylic acids is 1. The molecule has 0 saturated heterocycles. The molecule has 1 aromatic heterocycles. The van der Waals surface area contributed by atoms with E-state index in [1.807, 2.05) is 54.1 Å². The minimum atomic E-state index is -0.876. The highest BCUT2D eigenvalue weighted by Crippen LogP contribution is 2.48. The van der Waals surface area contributed by atoms with Gasteiger partial charge in [-0.15, -0.1) is 0 Å². The van der Waals surface area contributed by atoms with Gasteiger partial charge in [0.05, 0.1) is 24.2 Å². The highest BCUT2D eigenvalue weighted by atomic mass is 16.4. The number of allylic oxidation sites excluding steroid dienone is 2. The first-order chi connectivity index (χ1) is 12.5. The average Bonchev–Trinajstić information content (AvgIpc) is 3.37. The van der Waals surface area contributed by atoms with Crippen molar-refractivity contribution >= 4 is 11.9 Å². The molecular weight excluding hydrogens is 330 g/mol. The quantitative estimate of drug-likeness (QED) is 0.811. The molecule has 1 amide bonds. The molecule has 6 nitrogen and oxygen atoms in total. The van der Waals surface area contributed by atoms with Gasteiger partial charge in [0.2, 0.25) is 5.91 Å². The number of carboxylic acid groups (broad SMARTS) is 1. The van der Waals surface area contributed by atoms with Crippen molar-refractivity contribution in [2.45, 2.75) is 19.4 Å². The molecule has 1 fully saturated rings. The van der Waals surface area contributed by atoms with Gasteiger partial charge in [0.25, 0.3) is 0 Å². The standard InChI is InChI=1S/C20H21N3O3/c1-12(13-4-6-16(7-5-13)23-9-8-21-11-23)22-19(24)17-14-2-3-15(10-14)18(17)20(25)26/h2-9,11-12,14-15,17-18H,10H2,1H3,(H,22,24)(H,25,26)/t12-,14-,15-,17-,18-/m0/s1. The zero-order valence-electron chi connectivity index (χ0n) is 14.4. The largest absolute Gasteiger partial charge is 0.481 e. The number of imidazole rings is 1. The average molecular weight is 351 g/mol. The van der Waals surface area contributed by atoms with Gasteiger partial charge in [-0.25, -0.2) is 4.98 Å². The van der Waals surface area contributed by atoms with Crippen LogP contribution < -0.4 is 5.32 Å². The Hall–Kier alpha value is -2.89. The molecule has 1 saturated carbocycles. The molecule has 2 aliphatic carbocycles. The molecular formula is C20H21N3O3. The predicted octanol–water partition coefficient (Wildman–Crippen LogP) is 2.57. The minimum absolute atomic E-state index is 0.0157. The normalized spacial score (nSPS) is 27.4. The summed E-state index contributed by atoms with van der Waals surface area (Å²) in [6, 6.07) is 7.70. The Bertz CT molecular complexity index is 842. The Morgan fingerprint density at radius 3 is 2.50 bits per heavy atom. The zero-order chi connectivity index (χ0) is 18.3. The van der Waals surface area contributed by atoms with Crippen LogP contribution in [0.1, 0.15) is 24.9 Å². The molecule has 6 heteroatoms. The third kappa shape index (κ3) is 2.81. The number of benzene rings is 1. The first-order valence-corrected chi connectivity index (χ1v) is 8.84. The lowest BCUT2D eigenvalue weighted by Gasteiger charge is -2.26. The summed E-state index contributed by atoms with van der Waals surface area (Å²) in [7, 11) is 0. The van der Waals surface area contributed by atoms with Gasteiger partial charge in [-0.3, -0.25) is 9.59 Å². The molecule has 1 aromatic carbocycles. The number of hydrogen-bond acceptors (Lipinski definition) is 3. The Labute approximate surface area is 151 Å². The van der Waals surface area contributed by atoms with Crippen LogP contribution in [0.25, 0.3) is 5.69 Å². The summed E-state index contributed by atoms with van der Waals surface area (Å²) < 4.78 is 1.91. The molecule has 2 aliphatic rings. The summed E-state index contributed by atoms with van der Waals surface area (Å²) >= 11 is 0. The van der Waals surface area contributed by atoms with E-state index in [0.29, 0.717) is 0 Å². The van der Waals surface area contributed by atoms with Crippen molar-refractivity contribution in [1.82, 2.24) is 14.9 Å². The number of rotatable bonds is 5. The molecule has 2 bridgehead atoms. The molecule has 0 unspecified atom stereocenters. The van der Waals surface area contributed by atoms with Gasteiger partial charge in [0.1, 0.15) is 0 Å². The Balaban J connectivity index is 1.46. The maximum atomic E-state index is 12.8. The van der Waals surface area contributed by atoms with Crippen LogP contribution in [0.5, 0.6) is 0 Å². The van der Waals surface area contributed by atoms with Crippen LogP contribution in [0.15, 0.2) is 55.1 Å². The van der Waals surface area contributed by atoms with E-state index in [2.05, 4.69) is 10.3 Å². The lowest BCUT2D eigenvalue weighted by Crippen LogP contribution is -2.41. The van der Waals surface area contributed by atoms with E-state index in [1.54, 1.807) is 12.5 Å². The second-order valence-corrected chi connectivity index (χ2v) is 7.13. The fourth-order valence-electron chi connectivity index (χ4n) is 4.26. The van der Waals surface area contributed by atoms with Gasteiger partial charge in [0, 0.05) is 18.1 Å². The monoisotopic (exact) mass is 351 g/mol. The van der Waals surface area contributed by atoms with Gasteiger partial charge in [0.15, 0.2) is 0 Å². The van der Waals surface area contributed by atoms with Crippen molar-refractivity contribution in [2.75, 3.05) is 0 Å². The van der Waals surface area contributed by atoms with E-state index in [4.69, 9.17) is 0 Å². The third-order valence-electron chi connectivity index (χ3n) is 5.60. The van der Waals surface area contributed by atoms with Crippen molar-refractivity contribution in [3.63, 3.8) is 0 Å². The summed E-state index contributed by atoms with van der Waals surface area (Å²) in [6.07, 6.45) is 10.0. The fourth-order valence-corrected chi connectivity index (χ4v) is 4.26. The first kappa shape index (κ1) is 16.6. The molecule has 2 aromatic rings. The number of nitrogens with zero attached hydrogens (tertiary/aromatic N) is 2. The number of hydrogen-bond donors (Lipinski definition) is 2. The van der Waals surface area contributed by atoms with Crippen molar-refractivity contribution in [3.05, 3.63) is 60.7 Å². The second kappa shape index (κ2) is 6.44. The number of carbonyl (C=O) groups is 2. The maximum absolute atomic E-state index is 12.8. The lowest BCUT2D eigenvalue weighted by molar-refractivity contribution is -0.148. The summed E-state index contributed by atoms with van der Waals surface area (Å²) in [5, 5.41) is 12.5. The SMILES string of the molecule is C[C@H](NC(=O)[C@@H]1[C@@H](C(=O)O)[C@H]2C=C[C@H]1C2)c1ccc(-n2ccnc2)cc1. The highest BCUT2D eigenvalue weighted by molar-refractivity contribution is 5.87. The van der Waals surface area contributed by atoms with E-state index >= 15 is 0 Å². The van der Waals surface area contributed by atoms with Crippen molar-refractivity contribution in [1.29, 1.82) is 0 Å². The van der Waals surface area contributed by atoms with Crippen LogP contribution in [-0.2, 0) is 9.59 Å². The number of aliphatic carboxylic acids is 1. The fraction of sp³-hybridized carbons (Fsp3) is 0.350. The Morgan fingerprint density at radius 1 is 1.19 bits per heavy atom. The molecule has 1 heterocycles. The van der Waals surface area contributed by atoms with E-state index in [9.17, 15) is 14.7 Å². The summed E-state index contributed by atoms with van der Waals surface area (Å²) in [4.78, 5) is 28.4. The van der Waals surface area contributed by atoms with Gasteiger partial charge in [-0.05, 0) is 42.9 Å². The van der Waals surface area contributed by atoms with Crippen LogP contribution in [0, 0.1) is 23.7 Å². The smallest absolute Gasteiger partial charge is 0.307 e. The molecule has 134 valence electrons. The van der Waals surface area contributed by atoms with E-state index in [0.717, 1.165) is 17.7 Å². The maximum Gasteiger partial charge on any atom is 0.307 e. The Morgan fingerprint density at radius 2 is 1.88 bits per heavy atom. The second-order valence-electron chi connectivity index (χ2n) is 7.13. The predicted molar refractivity (Wildman–Crippen MR) is 95.5 cm³/mol. The Kier molecular flexibility index (Phi) is 4.11. The van der Waals surface area contributed by atoms with Gasteiger partial charge in [-0.2, -0.15) is 0 Å². The molecule has 0 aliphatic heterocycles. The first-order valence-electron chi connectivity index (χ1n) is 8.84. The highest BCUT2D eigenvalue weighted by Gasteiger charge is 2.51. The molecule has 0 radical (unpaired) electrons. The summed E-state index contributed by atoms with van der Waals surface area (Å²) in [6.45, 7) is 1.92. The van der Waals surface area contributed by atoms with E-state index in [1.165, 1.54) is 0 Å². The number of amides is 1. The number of aromatic nitrogens is 2. The number of nitrogens with one attached hydrogen (secondary N) is 1. The van der Waals surface area contributed by atoms with Crippen LogP contribution in [0.3, 0.4) is 0 Å². The van der Waals surface area contributed by atoms with Crippen molar-refractivity contribution < 1.29 is 14.7 Å². The van der Waals surface area contributed by atoms with Crippen molar-refractivity contribution in [3.8, 4) is 5.69 Å². The molecule has 0 spiro atoms. The molecule has 4 rings (SSSR count).